The van der Waals surface area contributed by atoms with Crippen molar-refractivity contribution in [1.82, 2.24) is 5.32 Å². The van der Waals surface area contributed by atoms with Crippen LogP contribution in [0.3, 0.4) is 0 Å². The van der Waals surface area contributed by atoms with Crippen molar-refractivity contribution in [3.63, 3.8) is 0 Å². The summed E-state index contributed by atoms with van der Waals surface area (Å²) in [5, 5.41) is 13.4. The van der Waals surface area contributed by atoms with E-state index in [1.54, 1.807) is 6.08 Å². The maximum Gasteiger partial charge on any atom is 0.472 e. The highest BCUT2D eigenvalue weighted by molar-refractivity contribution is 7.47. The summed E-state index contributed by atoms with van der Waals surface area (Å²) in [5.74, 6) is -0.222. The van der Waals surface area contributed by atoms with Gasteiger partial charge >= 0.3 is 7.82 Å². The molecule has 3 unspecified atom stereocenters. The molecular weight excluding hydrogens is 515 g/mol. The summed E-state index contributed by atoms with van der Waals surface area (Å²) in [5.41, 5.74) is 5.31. The van der Waals surface area contributed by atoms with Crippen LogP contribution >= 0.6 is 7.82 Å². The fourth-order valence-electron chi connectivity index (χ4n) is 3.85. The van der Waals surface area contributed by atoms with Crippen LogP contribution in [-0.2, 0) is 18.4 Å². The average Bonchev–Trinajstić information content (AvgIpc) is 2.91. The first-order valence-corrected chi connectivity index (χ1v) is 16.6. The van der Waals surface area contributed by atoms with Crippen LogP contribution in [0.4, 0.5) is 0 Å². The summed E-state index contributed by atoms with van der Waals surface area (Å²) in [4.78, 5) is 22.3. The van der Waals surface area contributed by atoms with Gasteiger partial charge in [0.05, 0.1) is 25.4 Å². The van der Waals surface area contributed by atoms with Crippen LogP contribution < -0.4 is 11.1 Å². The van der Waals surface area contributed by atoms with Gasteiger partial charge in [0, 0.05) is 13.0 Å². The van der Waals surface area contributed by atoms with Crippen molar-refractivity contribution in [3.8, 4) is 0 Å². The van der Waals surface area contributed by atoms with Crippen molar-refractivity contribution in [3.05, 3.63) is 36.5 Å². The number of unbranched alkanes of at least 4 members (excludes halogenated alkanes) is 11. The van der Waals surface area contributed by atoms with Gasteiger partial charge < -0.3 is 21.1 Å². The number of carbonyl (C=O) groups is 1. The van der Waals surface area contributed by atoms with Gasteiger partial charge in [-0.25, -0.2) is 4.57 Å². The second kappa shape index (κ2) is 26.9. The highest BCUT2D eigenvalue weighted by Gasteiger charge is 2.26. The molecule has 228 valence electrons. The van der Waals surface area contributed by atoms with Crippen molar-refractivity contribution < 1.29 is 28.4 Å². The van der Waals surface area contributed by atoms with E-state index >= 15 is 0 Å². The third kappa shape index (κ3) is 25.4. The van der Waals surface area contributed by atoms with Crippen LogP contribution in [0.5, 0.6) is 0 Å². The number of amides is 1. The van der Waals surface area contributed by atoms with Crippen molar-refractivity contribution in [2.45, 2.75) is 129 Å². The van der Waals surface area contributed by atoms with Crippen LogP contribution in [0.2, 0.25) is 0 Å². The molecule has 0 bridgehead atoms. The lowest BCUT2D eigenvalue weighted by molar-refractivity contribution is -0.123. The molecule has 39 heavy (non-hydrogen) atoms. The Morgan fingerprint density at radius 1 is 0.821 bits per heavy atom. The monoisotopic (exact) mass is 572 g/mol. The Kier molecular flexibility index (Phi) is 26.0. The maximum absolute atomic E-state index is 12.5. The average molecular weight is 573 g/mol. The number of nitrogens with one attached hydrogen (secondary N) is 1. The molecule has 0 aromatic carbocycles. The zero-order chi connectivity index (χ0) is 29.0. The Morgan fingerprint density at radius 2 is 1.41 bits per heavy atom. The van der Waals surface area contributed by atoms with Crippen molar-refractivity contribution >= 4 is 13.7 Å². The van der Waals surface area contributed by atoms with Crippen molar-refractivity contribution in [2.75, 3.05) is 19.8 Å². The number of nitrogens with two attached hydrogens (primary N) is 1. The molecule has 9 heteroatoms. The van der Waals surface area contributed by atoms with E-state index in [2.05, 4.69) is 43.5 Å². The molecule has 0 aliphatic carbocycles. The summed E-state index contributed by atoms with van der Waals surface area (Å²) >= 11 is 0. The van der Waals surface area contributed by atoms with Gasteiger partial charge in [-0.15, -0.1) is 0 Å². The summed E-state index contributed by atoms with van der Waals surface area (Å²) in [6.45, 7) is 3.95. The molecule has 0 spiro atoms. The largest absolute Gasteiger partial charge is 0.472 e. The molecule has 0 aromatic rings. The third-order valence-electron chi connectivity index (χ3n) is 6.17. The van der Waals surface area contributed by atoms with Crippen LogP contribution in [0.25, 0.3) is 0 Å². The smallest absolute Gasteiger partial charge is 0.387 e. The number of phosphoric acid groups is 1. The lowest BCUT2D eigenvalue weighted by Crippen LogP contribution is -2.45. The van der Waals surface area contributed by atoms with Gasteiger partial charge in [0.2, 0.25) is 5.91 Å². The zero-order valence-electron chi connectivity index (χ0n) is 24.6. The molecular formula is C30H57N2O6P. The van der Waals surface area contributed by atoms with Gasteiger partial charge in [0.15, 0.2) is 0 Å². The maximum atomic E-state index is 12.5. The Hall–Kier alpha value is -1.28. The number of phosphoric ester groups is 1. The van der Waals surface area contributed by atoms with Crippen LogP contribution in [0.15, 0.2) is 36.5 Å². The first kappa shape index (κ1) is 37.7. The van der Waals surface area contributed by atoms with Gasteiger partial charge in [0.1, 0.15) is 0 Å². The van der Waals surface area contributed by atoms with Gasteiger partial charge in [-0.2, -0.15) is 0 Å². The minimum absolute atomic E-state index is 0.0716. The summed E-state index contributed by atoms with van der Waals surface area (Å²) in [6, 6.07) is -0.875. The molecule has 5 N–H and O–H groups in total. The Bertz CT molecular complexity index is 714. The molecule has 0 heterocycles. The molecule has 0 rings (SSSR count). The predicted octanol–water partition coefficient (Wildman–Crippen LogP) is 6.87. The normalized spacial score (nSPS) is 15.3. The Labute approximate surface area is 238 Å². The molecule has 1 amide bonds. The molecule has 0 aliphatic heterocycles. The Morgan fingerprint density at radius 3 is 2.08 bits per heavy atom. The first-order chi connectivity index (χ1) is 18.9. The third-order valence-corrected chi connectivity index (χ3v) is 7.15. The molecule has 8 nitrogen and oxygen atoms in total. The van der Waals surface area contributed by atoms with Gasteiger partial charge in [-0.3, -0.25) is 13.8 Å². The number of hydrogen-bond donors (Lipinski definition) is 4. The van der Waals surface area contributed by atoms with Crippen LogP contribution in [0.1, 0.15) is 117 Å². The van der Waals surface area contributed by atoms with E-state index in [9.17, 15) is 19.4 Å². The van der Waals surface area contributed by atoms with Gasteiger partial charge in [-0.05, 0) is 51.4 Å². The highest BCUT2D eigenvalue weighted by atomic mass is 31.2. The van der Waals surface area contributed by atoms with E-state index in [-0.39, 0.29) is 25.7 Å². The number of aliphatic hydroxyl groups excluding tert-OH is 1. The predicted molar refractivity (Wildman–Crippen MR) is 161 cm³/mol. The van der Waals surface area contributed by atoms with E-state index in [0.717, 1.165) is 64.2 Å². The SMILES string of the molecule is CCC/C=C\CCCCCCCC(=O)NC(COP(=O)(O)OCCN)C(O)/C=C/CC/C=C/CCCCCC. The molecule has 0 fully saturated rings. The summed E-state index contributed by atoms with van der Waals surface area (Å²) in [7, 11) is -4.33. The minimum atomic E-state index is -4.33. The van der Waals surface area contributed by atoms with Gasteiger partial charge in [-0.1, -0.05) is 95.2 Å². The van der Waals surface area contributed by atoms with E-state index in [1.165, 1.54) is 32.1 Å². The van der Waals surface area contributed by atoms with Crippen LogP contribution in [0, 0.1) is 0 Å². The fourth-order valence-corrected chi connectivity index (χ4v) is 4.61. The standard InChI is InChI=1S/C30H57N2O6P/c1-3-5-7-9-11-13-15-17-19-21-23-29(33)28(27-38-39(35,36)37-26-25-31)32-30(34)24-22-20-18-16-14-12-10-8-6-4-2/h8,10,13,15,21,23,28-29,33H,3-7,9,11-12,14,16-20,22,24-27,31H2,1-2H3,(H,32,34)(H,35,36)/b10-8-,15-13+,23-21+. The topological polar surface area (TPSA) is 131 Å². The quantitative estimate of drug-likeness (QED) is 0.0480. The molecule has 0 saturated carbocycles. The van der Waals surface area contributed by atoms with E-state index in [1.807, 2.05) is 6.08 Å². The first-order valence-electron chi connectivity index (χ1n) is 15.1. The molecule has 0 aliphatic rings. The number of aliphatic hydroxyl groups is 1. The number of rotatable bonds is 27. The molecule has 0 aromatic heterocycles. The second-order valence-electron chi connectivity index (χ2n) is 9.94. The number of allylic oxidation sites excluding steroid dienone is 5. The minimum Gasteiger partial charge on any atom is -0.387 e. The lowest BCUT2D eigenvalue weighted by Gasteiger charge is -2.23. The van der Waals surface area contributed by atoms with E-state index in [4.69, 9.17) is 14.8 Å². The highest BCUT2D eigenvalue weighted by Crippen LogP contribution is 2.43. The summed E-state index contributed by atoms with van der Waals surface area (Å²) < 4.78 is 21.8. The number of hydrogen-bond acceptors (Lipinski definition) is 6. The lowest BCUT2D eigenvalue weighted by atomic mass is 10.1. The van der Waals surface area contributed by atoms with Crippen molar-refractivity contribution in [1.29, 1.82) is 0 Å². The molecule has 0 saturated heterocycles. The van der Waals surface area contributed by atoms with E-state index < -0.39 is 20.0 Å². The Balaban J connectivity index is 4.56. The zero-order valence-corrected chi connectivity index (χ0v) is 25.5. The molecule has 0 radical (unpaired) electrons. The van der Waals surface area contributed by atoms with Crippen molar-refractivity contribution in [2.24, 2.45) is 5.73 Å². The number of carbonyl (C=O) groups excluding carboxylic acids is 1. The second-order valence-corrected chi connectivity index (χ2v) is 11.4. The molecule has 3 atom stereocenters. The van der Waals surface area contributed by atoms with Gasteiger partial charge in [0.25, 0.3) is 0 Å². The van der Waals surface area contributed by atoms with E-state index in [0.29, 0.717) is 6.42 Å². The summed E-state index contributed by atoms with van der Waals surface area (Å²) in [6.07, 6.45) is 27.7. The van der Waals surface area contributed by atoms with Crippen LogP contribution in [-0.4, -0.2) is 47.8 Å². The fraction of sp³-hybridized carbons (Fsp3) is 0.767.